The van der Waals surface area contributed by atoms with Crippen molar-refractivity contribution in [3.8, 4) is 0 Å². The number of aliphatic imine (C=N–C) groups is 1. The van der Waals surface area contributed by atoms with Gasteiger partial charge in [-0.15, -0.1) is 0 Å². The molecule has 1 aromatic rings. The summed E-state index contributed by atoms with van der Waals surface area (Å²) in [6, 6.07) is 4.94. The first-order chi connectivity index (χ1) is 11.3. The standard InChI is InChI=1S/C18H21FN4/c19-13-6-7-16-17(12-13)22-18(23-10-3-8-20-9-11-23)14-4-1-2-5-15(14)21-16/h1-2,4-7,12,14-15,20-21H,3,8-11H2. The van der Waals surface area contributed by atoms with Gasteiger partial charge in [-0.05, 0) is 25.1 Å². The summed E-state index contributed by atoms with van der Waals surface area (Å²) in [6.45, 7) is 3.91. The van der Waals surface area contributed by atoms with Crippen molar-refractivity contribution in [2.75, 3.05) is 31.5 Å². The molecule has 3 aliphatic rings. The van der Waals surface area contributed by atoms with Crippen molar-refractivity contribution in [1.29, 1.82) is 0 Å². The number of hydrogen-bond acceptors (Lipinski definition) is 4. The highest BCUT2D eigenvalue weighted by atomic mass is 19.1. The molecule has 0 saturated carbocycles. The van der Waals surface area contributed by atoms with E-state index in [-0.39, 0.29) is 17.8 Å². The number of rotatable bonds is 0. The minimum Gasteiger partial charge on any atom is -0.376 e. The van der Waals surface area contributed by atoms with Gasteiger partial charge in [0.1, 0.15) is 11.7 Å². The van der Waals surface area contributed by atoms with Gasteiger partial charge in [0.2, 0.25) is 0 Å². The van der Waals surface area contributed by atoms with Crippen LogP contribution in [0.1, 0.15) is 6.42 Å². The Morgan fingerprint density at radius 3 is 3.00 bits per heavy atom. The highest BCUT2D eigenvalue weighted by Crippen LogP contribution is 2.34. The van der Waals surface area contributed by atoms with Crippen LogP contribution in [0, 0.1) is 11.7 Å². The molecule has 1 aromatic carbocycles. The predicted molar refractivity (Wildman–Crippen MR) is 91.7 cm³/mol. The molecule has 0 aromatic heterocycles. The third kappa shape index (κ3) is 2.88. The van der Waals surface area contributed by atoms with E-state index in [2.05, 4.69) is 39.8 Å². The van der Waals surface area contributed by atoms with Gasteiger partial charge >= 0.3 is 0 Å². The first kappa shape index (κ1) is 14.5. The predicted octanol–water partition coefficient (Wildman–Crippen LogP) is 2.69. The van der Waals surface area contributed by atoms with Gasteiger partial charge in [0.15, 0.2) is 0 Å². The molecule has 2 unspecified atom stereocenters. The summed E-state index contributed by atoms with van der Waals surface area (Å²) >= 11 is 0. The van der Waals surface area contributed by atoms with Crippen LogP contribution in [-0.2, 0) is 0 Å². The lowest BCUT2D eigenvalue weighted by Crippen LogP contribution is -2.43. The van der Waals surface area contributed by atoms with Crippen LogP contribution in [0.3, 0.4) is 0 Å². The van der Waals surface area contributed by atoms with Crippen molar-refractivity contribution in [3.05, 3.63) is 48.3 Å². The Morgan fingerprint density at radius 1 is 1.13 bits per heavy atom. The molecule has 1 aliphatic carbocycles. The Balaban J connectivity index is 1.78. The van der Waals surface area contributed by atoms with Crippen LogP contribution in [-0.4, -0.2) is 43.0 Å². The molecule has 1 saturated heterocycles. The number of nitrogens with zero attached hydrogens (tertiary/aromatic N) is 2. The lowest BCUT2D eigenvalue weighted by molar-refractivity contribution is 0.423. The number of benzene rings is 1. The summed E-state index contributed by atoms with van der Waals surface area (Å²) in [5.74, 6) is 0.965. The van der Waals surface area contributed by atoms with Crippen molar-refractivity contribution < 1.29 is 4.39 Å². The van der Waals surface area contributed by atoms with E-state index in [9.17, 15) is 4.39 Å². The molecule has 2 heterocycles. The van der Waals surface area contributed by atoms with E-state index in [4.69, 9.17) is 4.99 Å². The van der Waals surface area contributed by atoms with Crippen molar-refractivity contribution in [2.45, 2.75) is 12.5 Å². The quantitative estimate of drug-likeness (QED) is 0.774. The average Bonchev–Trinajstić information content (AvgIpc) is 2.91. The molecule has 4 rings (SSSR count). The fourth-order valence-corrected chi connectivity index (χ4v) is 3.44. The molecule has 4 nitrogen and oxygen atoms in total. The fraction of sp³-hybridized carbons (Fsp3) is 0.389. The smallest absolute Gasteiger partial charge is 0.125 e. The summed E-state index contributed by atoms with van der Waals surface area (Å²) in [7, 11) is 0. The number of halogens is 1. The molecule has 0 spiro atoms. The molecule has 0 amide bonds. The van der Waals surface area contributed by atoms with Gasteiger partial charge in [0, 0.05) is 25.7 Å². The third-order valence-electron chi connectivity index (χ3n) is 4.61. The number of hydrogen-bond donors (Lipinski definition) is 2. The van der Waals surface area contributed by atoms with E-state index >= 15 is 0 Å². The number of nitrogens with one attached hydrogen (secondary N) is 2. The Bertz CT molecular complexity index is 672. The van der Waals surface area contributed by atoms with Crippen molar-refractivity contribution in [2.24, 2.45) is 10.9 Å². The van der Waals surface area contributed by atoms with Crippen molar-refractivity contribution in [3.63, 3.8) is 0 Å². The molecule has 23 heavy (non-hydrogen) atoms. The van der Waals surface area contributed by atoms with Crippen LogP contribution in [0.2, 0.25) is 0 Å². The minimum absolute atomic E-state index is 0.154. The Morgan fingerprint density at radius 2 is 2.04 bits per heavy atom. The maximum atomic E-state index is 13.7. The van der Waals surface area contributed by atoms with E-state index in [1.807, 2.05) is 0 Å². The summed E-state index contributed by atoms with van der Waals surface area (Å²) in [4.78, 5) is 7.23. The van der Waals surface area contributed by atoms with Gasteiger partial charge in [-0.3, -0.25) is 0 Å². The molecule has 1 fully saturated rings. The van der Waals surface area contributed by atoms with Crippen molar-refractivity contribution >= 4 is 17.2 Å². The van der Waals surface area contributed by atoms with E-state index in [1.165, 1.54) is 12.1 Å². The number of fused-ring (bicyclic) bond motifs is 2. The second kappa shape index (κ2) is 6.16. The molecule has 2 N–H and O–H groups in total. The second-order valence-electron chi connectivity index (χ2n) is 6.19. The lowest BCUT2D eigenvalue weighted by atomic mass is 9.93. The average molecular weight is 312 g/mol. The Kier molecular flexibility index (Phi) is 3.87. The molecular formula is C18H21FN4. The van der Waals surface area contributed by atoms with Gasteiger partial charge in [-0.25, -0.2) is 9.38 Å². The lowest BCUT2D eigenvalue weighted by Gasteiger charge is -2.32. The zero-order chi connectivity index (χ0) is 15.6. The van der Waals surface area contributed by atoms with Crippen LogP contribution >= 0.6 is 0 Å². The second-order valence-corrected chi connectivity index (χ2v) is 6.19. The maximum Gasteiger partial charge on any atom is 0.125 e. The SMILES string of the molecule is Fc1ccc2c(c1)N=C(N1CCCNCC1)C1C=CC=CC1N2. The van der Waals surface area contributed by atoms with Crippen molar-refractivity contribution in [1.82, 2.24) is 10.2 Å². The molecule has 120 valence electrons. The van der Waals surface area contributed by atoms with Crippen LogP contribution in [0.4, 0.5) is 15.8 Å². The van der Waals surface area contributed by atoms with Gasteiger partial charge in [-0.2, -0.15) is 0 Å². The van der Waals surface area contributed by atoms with E-state index in [0.717, 1.165) is 44.1 Å². The highest BCUT2D eigenvalue weighted by molar-refractivity contribution is 5.93. The van der Waals surface area contributed by atoms with E-state index in [1.54, 1.807) is 6.07 Å². The Hall–Kier alpha value is -2.14. The van der Waals surface area contributed by atoms with Crippen LogP contribution < -0.4 is 10.6 Å². The monoisotopic (exact) mass is 312 g/mol. The zero-order valence-electron chi connectivity index (χ0n) is 13.0. The summed E-state index contributed by atoms with van der Waals surface area (Å²) in [5.41, 5.74) is 1.58. The van der Waals surface area contributed by atoms with Gasteiger partial charge in [0.05, 0.1) is 23.3 Å². The first-order valence-electron chi connectivity index (χ1n) is 8.26. The normalized spacial score (nSPS) is 26.5. The molecule has 0 radical (unpaired) electrons. The third-order valence-corrected chi connectivity index (χ3v) is 4.61. The molecule has 0 bridgehead atoms. The molecule has 2 atom stereocenters. The van der Waals surface area contributed by atoms with Gasteiger partial charge < -0.3 is 15.5 Å². The van der Waals surface area contributed by atoms with E-state index < -0.39 is 0 Å². The van der Waals surface area contributed by atoms with Crippen LogP contribution in [0.25, 0.3) is 0 Å². The van der Waals surface area contributed by atoms with Crippen LogP contribution in [0.15, 0.2) is 47.5 Å². The number of amidine groups is 1. The fourth-order valence-electron chi connectivity index (χ4n) is 3.44. The first-order valence-corrected chi connectivity index (χ1v) is 8.26. The largest absolute Gasteiger partial charge is 0.376 e. The van der Waals surface area contributed by atoms with Crippen LogP contribution in [0.5, 0.6) is 0 Å². The Labute approximate surface area is 135 Å². The molecular weight excluding hydrogens is 291 g/mol. The number of allylic oxidation sites excluding steroid dienone is 2. The molecule has 5 heteroatoms. The summed E-state index contributed by atoms with van der Waals surface area (Å²) in [5, 5.41) is 6.94. The maximum absolute atomic E-state index is 13.7. The molecule has 2 aliphatic heterocycles. The zero-order valence-corrected chi connectivity index (χ0v) is 13.0. The van der Waals surface area contributed by atoms with Gasteiger partial charge in [-0.1, -0.05) is 24.3 Å². The van der Waals surface area contributed by atoms with E-state index in [0.29, 0.717) is 5.69 Å². The highest BCUT2D eigenvalue weighted by Gasteiger charge is 2.31. The number of anilines is 1. The summed E-state index contributed by atoms with van der Waals surface area (Å²) < 4.78 is 13.7. The van der Waals surface area contributed by atoms with Gasteiger partial charge in [0.25, 0.3) is 0 Å². The minimum atomic E-state index is -0.248. The summed E-state index contributed by atoms with van der Waals surface area (Å²) in [6.07, 6.45) is 9.58. The topological polar surface area (TPSA) is 39.7 Å².